The number of nitrogens with one attached hydrogen (secondary N) is 1. The summed E-state index contributed by atoms with van der Waals surface area (Å²) in [5.74, 6) is -0.136. The molecule has 5 nitrogen and oxygen atoms in total. The number of esters is 1. The highest BCUT2D eigenvalue weighted by Crippen LogP contribution is 2.25. The summed E-state index contributed by atoms with van der Waals surface area (Å²) in [6, 6.07) is 6.60. The number of hydrogen-bond donors (Lipinski definition) is 1. The molecule has 1 aromatic rings. The molecule has 1 aliphatic rings. The number of rotatable bonds is 7. The summed E-state index contributed by atoms with van der Waals surface area (Å²) in [4.78, 5) is 19.0. The van der Waals surface area contributed by atoms with Crippen LogP contribution in [0.2, 0.25) is 0 Å². The molecule has 134 valence electrons. The van der Waals surface area contributed by atoms with Gasteiger partial charge in [0.2, 0.25) is 0 Å². The quantitative estimate of drug-likeness (QED) is 0.778. The van der Waals surface area contributed by atoms with E-state index >= 15 is 0 Å². The first-order valence-corrected chi connectivity index (χ1v) is 8.96. The molecule has 0 spiro atoms. The van der Waals surface area contributed by atoms with E-state index in [-0.39, 0.29) is 5.97 Å². The molecule has 0 bridgehead atoms. The van der Waals surface area contributed by atoms with Gasteiger partial charge in [-0.2, -0.15) is 0 Å². The lowest BCUT2D eigenvalue weighted by molar-refractivity contribution is -0.151. The zero-order chi connectivity index (χ0) is 17.4. The first-order chi connectivity index (χ1) is 11.5. The molecule has 1 atom stereocenters. The van der Waals surface area contributed by atoms with Gasteiger partial charge >= 0.3 is 5.97 Å². The van der Waals surface area contributed by atoms with Crippen molar-refractivity contribution in [1.29, 1.82) is 0 Å². The average molecular weight is 333 g/mol. The highest BCUT2D eigenvalue weighted by atomic mass is 16.5. The highest BCUT2D eigenvalue weighted by Gasteiger charge is 2.30. The Morgan fingerprint density at radius 2 is 2.21 bits per heavy atom. The van der Waals surface area contributed by atoms with Crippen molar-refractivity contribution in [3.05, 3.63) is 30.1 Å². The van der Waals surface area contributed by atoms with E-state index < -0.39 is 5.41 Å². The maximum absolute atomic E-state index is 12.0. The fourth-order valence-corrected chi connectivity index (χ4v) is 3.26. The van der Waals surface area contributed by atoms with Gasteiger partial charge in [-0.1, -0.05) is 6.07 Å². The van der Waals surface area contributed by atoms with E-state index in [1.807, 2.05) is 32.2 Å². The van der Waals surface area contributed by atoms with Crippen molar-refractivity contribution in [1.82, 2.24) is 15.2 Å². The van der Waals surface area contributed by atoms with Crippen LogP contribution >= 0.6 is 0 Å². The molecule has 1 aliphatic heterocycles. The molecular formula is C19H31N3O2. The largest absolute Gasteiger partial charge is 0.469 e. The van der Waals surface area contributed by atoms with Crippen LogP contribution in [0.15, 0.2) is 24.4 Å². The lowest BCUT2D eigenvalue weighted by Crippen LogP contribution is -2.39. The number of aromatic nitrogens is 1. The molecular weight excluding hydrogens is 302 g/mol. The van der Waals surface area contributed by atoms with E-state index in [1.165, 1.54) is 20.0 Å². The van der Waals surface area contributed by atoms with Crippen molar-refractivity contribution in [3.8, 4) is 0 Å². The van der Waals surface area contributed by atoms with E-state index in [1.54, 1.807) is 0 Å². The highest BCUT2D eigenvalue weighted by molar-refractivity contribution is 5.75. The molecule has 1 saturated heterocycles. The number of carbonyl (C=O) groups is 1. The van der Waals surface area contributed by atoms with Gasteiger partial charge in [-0.05, 0) is 71.3 Å². The van der Waals surface area contributed by atoms with Crippen molar-refractivity contribution in [2.75, 3.05) is 26.7 Å². The maximum atomic E-state index is 12.0. The van der Waals surface area contributed by atoms with Gasteiger partial charge in [0, 0.05) is 18.8 Å². The number of ether oxygens (including phenoxy) is 1. The lowest BCUT2D eigenvalue weighted by atomic mass is 9.89. The van der Waals surface area contributed by atoms with Crippen LogP contribution in [0, 0.1) is 5.41 Å². The molecule has 2 heterocycles. The van der Waals surface area contributed by atoms with E-state index in [4.69, 9.17) is 4.74 Å². The minimum atomic E-state index is -0.458. The number of hydrogen-bond acceptors (Lipinski definition) is 5. The van der Waals surface area contributed by atoms with E-state index in [0.717, 1.165) is 44.7 Å². The number of carbonyl (C=O) groups excluding carboxylic acids is 1. The number of pyridine rings is 1. The Hall–Kier alpha value is -1.46. The van der Waals surface area contributed by atoms with Crippen LogP contribution in [-0.4, -0.2) is 48.6 Å². The monoisotopic (exact) mass is 333 g/mol. The molecule has 1 N–H and O–H groups in total. The summed E-state index contributed by atoms with van der Waals surface area (Å²) in [6.07, 6.45) is 6.17. The zero-order valence-electron chi connectivity index (χ0n) is 15.3. The second kappa shape index (κ2) is 9.14. The molecule has 1 aromatic heterocycles. The Morgan fingerprint density at radius 1 is 1.38 bits per heavy atom. The number of nitrogens with zero attached hydrogens (tertiary/aromatic N) is 2. The smallest absolute Gasteiger partial charge is 0.311 e. The van der Waals surface area contributed by atoms with Crippen molar-refractivity contribution in [2.45, 2.75) is 52.1 Å². The molecule has 0 aromatic carbocycles. The summed E-state index contributed by atoms with van der Waals surface area (Å²) in [6.45, 7) is 7.80. The fourth-order valence-electron chi connectivity index (χ4n) is 3.26. The third-order valence-corrected chi connectivity index (χ3v) is 4.91. The van der Waals surface area contributed by atoms with E-state index in [2.05, 4.69) is 21.3 Å². The predicted molar refractivity (Wildman–Crippen MR) is 95.6 cm³/mol. The van der Waals surface area contributed by atoms with Crippen molar-refractivity contribution < 1.29 is 9.53 Å². The molecule has 0 amide bonds. The second-order valence-corrected chi connectivity index (χ2v) is 7.25. The van der Waals surface area contributed by atoms with Gasteiger partial charge < -0.3 is 10.1 Å². The van der Waals surface area contributed by atoms with Crippen molar-refractivity contribution in [2.24, 2.45) is 5.41 Å². The maximum Gasteiger partial charge on any atom is 0.311 e. The fraction of sp³-hybridized carbons (Fsp3) is 0.684. The molecule has 0 aliphatic carbocycles. The average Bonchev–Trinajstić information content (AvgIpc) is 2.88. The van der Waals surface area contributed by atoms with Gasteiger partial charge in [0.1, 0.15) is 0 Å². The lowest BCUT2D eigenvalue weighted by Gasteiger charge is -2.33. The van der Waals surface area contributed by atoms with Gasteiger partial charge in [0.25, 0.3) is 0 Å². The van der Waals surface area contributed by atoms with Crippen LogP contribution in [0.3, 0.4) is 0 Å². The normalized spacial score (nSPS) is 19.1. The summed E-state index contributed by atoms with van der Waals surface area (Å²) in [7, 11) is 1.46. The van der Waals surface area contributed by atoms with Crippen LogP contribution in [0.4, 0.5) is 0 Å². The van der Waals surface area contributed by atoms with E-state index in [9.17, 15) is 4.79 Å². The molecule has 0 radical (unpaired) electrons. The van der Waals surface area contributed by atoms with Crippen molar-refractivity contribution >= 4 is 5.97 Å². The molecule has 5 heteroatoms. The topological polar surface area (TPSA) is 54.5 Å². The SMILES string of the molecule is COC(=O)C(C)(C)CCN(Cc1ccccn1)C1CCCNCC1. The van der Waals surface area contributed by atoms with Crippen LogP contribution in [-0.2, 0) is 16.1 Å². The van der Waals surface area contributed by atoms with Gasteiger partial charge in [0.15, 0.2) is 0 Å². The molecule has 1 unspecified atom stereocenters. The van der Waals surface area contributed by atoms with Crippen LogP contribution in [0.5, 0.6) is 0 Å². The van der Waals surface area contributed by atoms with Gasteiger partial charge in [0.05, 0.1) is 18.2 Å². The van der Waals surface area contributed by atoms with Gasteiger partial charge in [-0.15, -0.1) is 0 Å². The second-order valence-electron chi connectivity index (χ2n) is 7.25. The first-order valence-electron chi connectivity index (χ1n) is 8.96. The third-order valence-electron chi connectivity index (χ3n) is 4.91. The van der Waals surface area contributed by atoms with Crippen molar-refractivity contribution in [3.63, 3.8) is 0 Å². The molecule has 1 fully saturated rings. The van der Waals surface area contributed by atoms with Gasteiger partial charge in [-0.3, -0.25) is 14.7 Å². The summed E-state index contributed by atoms with van der Waals surface area (Å²) < 4.78 is 4.95. The molecule has 2 rings (SSSR count). The van der Waals surface area contributed by atoms with Gasteiger partial charge in [-0.25, -0.2) is 0 Å². The Balaban J connectivity index is 2.05. The Morgan fingerprint density at radius 3 is 2.92 bits per heavy atom. The van der Waals surface area contributed by atoms with Crippen LogP contribution in [0.25, 0.3) is 0 Å². The summed E-state index contributed by atoms with van der Waals surface area (Å²) in [5.41, 5.74) is 0.630. The summed E-state index contributed by atoms with van der Waals surface area (Å²) in [5, 5.41) is 3.48. The Kier molecular flexibility index (Phi) is 7.18. The first kappa shape index (κ1) is 18.9. The van der Waals surface area contributed by atoms with Crippen LogP contribution in [0.1, 0.15) is 45.2 Å². The minimum Gasteiger partial charge on any atom is -0.469 e. The minimum absolute atomic E-state index is 0.136. The van der Waals surface area contributed by atoms with Crippen LogP contribution < -0.4 is 5.32 Å². The Bertz CT molecular complexity index is 497. The standard InChI is InChI=1S/C19H31N3O2/c1-19(2,18(23)24-3)10-14-22(15-16-7-4-5-12-21-16)17-8-6-11-20-13-9-17/h4-5,7,12,17,20H,6,8-11,13-15H2,1-3H3. The molecule has 0 saturated carbocycles. The molecule has 24 heavy (non-hydrogen) atoms. The number of methoxy groups -OCH3 is 1. The predicted octanol–water partition coefficient (Wildman–Crippen LogP) is 2.62. The van der Waals surface area contributed by atoms with E-state index in [0.29, 0.717) is 6.04 Å². The summed E-state index contributed by atoms with van der Waals surface area (Å²) >= 11 is 0. The zero-order valence-corrected chi connectivity index (χ0v) is 15.3. The Labute approximate surface area is 145 Å². The third kappa shape index (κ3) is 5.56.